The quantitative estimate of drug-likeness (QED) is 0.699. The van der Waals surface area contributed by atoms with Crippen molar-refractivity contribution in [3.05, 3.63) is 82.2 Å². The minimum atomic E-state index is -0.523. The van der Waals surface area contributed by atoms with Crippen LogP contribution in [0.15, 0.2) is 71.1 Å². The SMILES string of the molecule is CCOC(=O)C1=C(C)NC2=C(C(=O)CCC2)C1c1ccccc1-c1ccc(C(N)=O)cc1. The summed E-state index contributed by atoms with van der Waals surface area (Å²) in [6.45, 7) is 3.87. The van der Waals surface area contributed by atoms with E-state index in [0.29, 0.717) is 28.8 Å². The van der Waals surface area contributed by atoms with Crippen LogP contribution in [0.25, 0.3) is 11.1 Å². The third kappa shape index (κ3) is 3.84. The number of carbonyl (C=O) groups excluding carboxylic acids is 3. The Labute approximate surface area is 187 Å². The number of hydrogen-bond acceptors (Lipinski definition) is 5. The smallest absolute Gasteiger partial charge is 0.336 e. The van der Waals surface area contributed by atoms with Gasteiger partial charge in [0.05, 0.1) is 12.2 Å². The van der Waals surface area contributed by atoms with Crippen molar-refractivity contribution in [2.24, 2.45) is 5.73 Å². The van der Waals surface area contributed by atoms with E-state index in [-0.39, 0.29) is 12.4 Å². The molecule has 2 aromatic rings. The average Bonchev–Trinajstić information content (AvgIpc) is 2.78. The fraction of sp³-hybridized carbons (Fsp3) is 0.269. The molecule has 4 rings (SSSR count). The van der Waals surface area contributed by atoms with Gasteiger partial charge in [-0.2, -0.15) is 0 Å². The summed E-state index contributed by atoms with van der Waals surface area (Å²) in [6.07, 6.45) is 2.01. The van der Waals surface area contributed by atoms with Crippen LogP contribution in [-0.2, 0) is 14.3 Å². The Bertz CT molecular complexity index is 1160. The zero-order valence-corrected chi connectivity index (χ0v) is 18.2. The molecule has 1 heterocycles. The van der Waals surface area contributed by atoms with Crippen molar-refractivity contribution < 1.29 is 19.1 Å². The summed E-state index contributed by atoms with van der Waals surface area (Å²) in [5.74, 6) is -1.39. The van der Waals surface area contributed by atoms with Gasteiger partial charge in [0, 0.05) is 34.9 Å². The number of rotatable bonds is 5. The molecule has 164 valence electrons. The molecule has 2 aliphatic rings. The van der Waals surface area contributed by atoms with E-state index in [0.717, 1.165) is 35.2 Å². The highest BCUT2D eigenvalue weighted by atomic mass is 16.5. The van der Waals surface area contributed by atoms with Gasteiger partial charge in [-0.3, -0.25) is 9.59 Å². The molecule has 0 fully saturated rings. The number of dihydropyridines is 1. The third-order valence-electron chi connectivity index (χ3n) is 6.02. The van der Waals surface area contributed by atoms with Crippen molar-refractivity contribution >= 4 is 17.7 Å². The van der Waals surface area contributed by atoms with Crippen LogP contribution in [0.3, 0.4) is 0 Å². The van der Waals surface area contributed by atoms with Crippen molar-refractivity contribution in [2.45, 2.75) is 39.0 Å². The lowest BCUT2D eigenvalue weighted by Gasteiger charge is -2.35. The van der Waals surface area contributed by atoms with Crippen molar-refractivity contribution in [3.63, 3.8) is 0 Å². The van der Waals surface area contributed by atoms with Crippen LogP contribution in [-0.4, -0.2) is 24.3 Å². The Kier molecular flexibility index (Phi) is 5.95. The standard InChI is InChI=1S/C26H26N2O4/c1-3-32-26(31)22-15(2)28-20-9-6-10-21(29)24(20)23(22)19-8-5-4-7-18(19)16-11-13-17(14-12-16)25(27)30/h4-5,7-8,11-14,23,28H,3,6,9-10H2,1-2H3,(H2,27,30). The van der Waals surface area contributed by atoms with Gasteiger partial charge in [0.2, 0.25) is 5.91 Å². The highest BCUT2D eigenvalue weighted by molar-refractivity contribution is 6.04. The van der Waals surface area contributed by atoms with E-state index in [9.17, 15) is 14.4 Å². The highest BCUT2D eigenvalue weighted by Crippen LogP contribution is 2.45. The number of nitrogens with one attached hydrogen (secondary N) is 1. The number of esters is 1. The van der Waals surface area contributed by atoms with Gasteiger partial charge in [-0.25, -0.2) is 4.79 Å². The molecule has 6 nitrogen and oxygen atoms in total. The monoisotopic (exact) mass is 430 g/mol. The Balaban J connectivity index is 1.91. The molecule has 1 atom stereocenters. The fourth-order valence-corrected chi connectivity index (χ4v) is 4.60. The van der Waals surface area contributed by atoms with Crippen molar-refractivity contribution in [2.75, 3.05) is 6.61 Å². The Morgan fingerprint density at radius 2 is 1.81 bits per heavy atom. The molecule has 3 N–H and O–H groups in total. The second kappa shape index (κ2) is 8.83. The molecule has 6 heteroatoms. The van der Waals surface area contributed by atoms with Crippen LogP contribution in [0.5, 0.6) is 0 Å². The minimum absolute atomic E-state index is 0.0527. The molecule has 0 bridgehead atoms. The number of hydrogen-bond donors (Lipinski definition) is 2. The molecule has 0 saturated heterocycles. The van der Waals surface area contributed by atoms with Crippen LogP contribution < -0.4 is 11.1 Å². The molecule has 0 saturated carbocycles. The summed E-state index contributed by atoms with van der Waals surface area (Å²) in [6, 6.07) is 14.8. The lowest BCUT2D eigenvalue weighted by atomic mass is 9.73. The van der Waals surface area contributed by atoms with Crippen LogP contribution in [0.4, 0.5) is 0 Å². The Hall–Kier alpha value is -3.67. The van der Waals surface area contributed by atoms with Gasteiger partial charge in [-0.1, -0.05) is 36.4 Å². The summed E-state index contributed by atoms with van der Waals surface area (Å²) >= 11 is 0. The summed E-state index contributed by atoms with van der Waals surface area (Å²) < 4.78 is 5.38. The molecular weight excluding hydrogens is 404 g/mol. The first-order valence-corrected chi connectivity index (χ1v) is 10.8. The fourth-order valence-electron chi connectivity index (χ4n) is 4.60. The number of ketones is 1. The van der Waals surface area contributed by atoms with E-state index < -0.39 is 17.8 Å². The lowest BCUT2D eigenvalue weighted by Crippen LogP contribution is -2.34. The maximum atomic E-state index is 13.1. The largest absolute Gasteiger partial charge is 0.463 e. The second-order valence-corrected chi connectivity index (χ2v) is 8.01. The number of benzene rings is 2. The predicted octanol–water partition coefficient (Wildman–Crippen LogP) is 3.98. The van der Waals surface area contributed by atoms with Gasteiger partial charge < -0.3 is 15.8 Å². The first-order chi connectivity index (χ1) is 15.4. The van der Waals surface area contributed by atoms with Gasteiger partial charge in [-0.05, 0) is 55.5 Å². The zero-order valence-electron chi connectivity index (χ0n) is 18.2. The van der Waals surface area contributed by atoms with Crippen LogP contribution in [0.2, 0.25) is 0 Å². The highest BCUT2D eigenvalue weighted by Gasteiger charge is 2.39. The summed E-state index contributed by atoms with van der Waals surface area (Å²) in [7, 11) is 0. The van der Waals surface area contributed by atoms with Gasteiger partial charge in [0.15, 0.2) is 5.78 Å². The van der Waals surface area contributed by atoms with Gasteiger partial charge in [-0.15, -0.1) is 0 Å². The topological polar surface area (TPSA) is 98.5 Å². The lowest BCUT2D eigenvalue weighted by molar-refractivity contribution is -0.138. The average molecular weight is 431 g/mol. The van der Waals surface area contributed by atoms with E-state index in [2.05, 4.69) is 5.32 Å². The molecule has 1 unspecified atom stereocenters. The molecule has 0 spiro atoms. The molecule has 1 amide bonds. The Morgan fingerprint density at radius 3 is 2.50 bits per heavy atom. The second-order valence-electron chi connectivity index (χ2n) is 8.01. The summed E-state index contributed by atoms with van der Waals surface area (Å²) in [5, 5.41) is 3.30. The number of carbonyl (C=O) groups is 3. The van der Waals surface area contributed by atoms with Crippen LogP contribution in [0.1, 0.15) is 54.9 Å². The van der Waals surface area contributed by atoms with Gasteiger partial charge in [0.25, 0.3) is 0 Å². The molecular formula is C26H26N2O4. The molecule has 1 aliphatic carbocycles. The van der Waals surface area contributed by atoms with Crippen molar-refractivity contribution in [1.29, 1.82) is 0 Å². The number of nitrogens with two attached hydrogens (primary N) is 1. The number of allylic oxidation sites excluding steroid dienone is 3. The molecule has 0 aromatic heterocycles. The van der Waals surface area contributed by atoms with Gasteiger partial charge >= 0.3 is 5.97 Å². The molecule has 0 radical (unpaired) electrons. The summed E-state index contributed by atoms with van der Waals surface area (Å²) in [4.78, 5) is 37.6. The summed E-state index contributed by atoms with van der Waals surface area (Å²) in [5.41, 5.74) is 11.1. The van der Waals surface area contributed by atoms with E-state index in [4.69, 9.17) is 10.5 Å². The maximum absolute atomic E-state index is 13.1. The first kappa shape index (κ1) is 21.6. The number of Topliss-reactive ketones (excluding diaryl/α,β-unsaturated/α-hetero) is 1. The molecule has 1 aliphatic heterocycles. The third-order valence-corrected chi connectivity index (χ3v) is 6.02. The number of amides is 1. The van der Waals surface area contributed by atoms with Crippen LogP contribution >= 0.6 is 0 Å². The predicted molar refractivity (Wildman–Crippen MR) is 121 cm³/mol. The Morgan fingerprint density at radius 1 is 1.09 bits per heavy atom. The minimum Gasteiger partial charge on any atom is -0.463 e. The number of ether oxygens (including phenoxy) is 1. The van der Waals surface area contributed by atoms with E-state index >= 15 is 0 Å². The maximum Gasteiger partial charge on any atom is 0.336 e. The van der Waals surface area contributed by atoms with Crippen molar-refractivity contribution in [3.8, 4) is 11.1 Å². The molecule has 32 heavy (non-hydrogen) atoms. The normalized spacial score (nSPS) is 18.2. The van der Waals surface area contributed by atoms with E-state index in [1.807, 2.05) is 43.3 Å². The first-order valence-electron chi connectivity index (χ1n) is 10.8. The van der Waals surface area contributed by atoms with Crippen molar-refractivity contribution in [1.82, 2.24) is 5.32 Å². The van der Waals surface area contributed by atoms with Gasteiger partial charge in [0.1, 0.15) is 0 Å². The zero-order chi connectivity index (χ0) is 22.8. The van der Waals surface area contributed by atoms with E-state index in [1.165, 1.54) is 0 Å². The van der Waals surface area contributed by atoms with E-state index in [1.54, 1.807) is 19.1 Å². The van der Waals surface area contributed by atoms with Crippen LogP contribution in [0, 0.1) is 0 Å². The number of primary amides is 1. The molecule has 2 aromatic carbocycles.